The summed E-state index contributed by atoms with van der Waals surface area (Å²) in [5, 5.41) is 49.0. The fourth-order valence-corrected chi connectivity index (χ4v) is 5.65. The summed E-state index contributed by atoms with van der Waals surface area (Å²) in [6, 6.07) is 12.4. The number of nitrogens with one attached hydrogen (secondary N) is 1. The zero-order valence-corrected chi connectivity index (χ0v) is 27.5. The molecule has 0 saturated carbocycles. The number of phenols is 2. The molecule has 21 heteroatoms. The molecule has 5 aromatic rings. The van der Waals surface area contributed by atoms with Crippen LogP contribution in [0.25, 0.3) is 16.5 Å². The molecule has 6 N–H and O–H groups in total. The fraction of sp³-hybridized carbons (Fsp3) is 0.107. The Kier molecular flexibility index (Phi) is 10.7. The van der Waals surface area contributed by atoms with Crippen LogP contribution in [0.4, 0.5) is 22.7 Å². The number of hydrogen-bond donors (Lipinski definition) is 6. The van der Waals surface area contributed by atoms with E-state index >= 15 is 0 Å². The number of aromatic nitrogens is 2. The molecular weight excluding hydrogens is 740 g/mol. The molecule has 0 amide bonds. The number of aromatic amines is 1. The molecule has 0 fully saturated rings. The average molecular weight is 764 g/mol. The molecule has 49 heavy (non-hydrogen) atoms. The van der Waals surface area contributed by atoms with Gasteiger partial charge in [0.1, 0.15) is 34.4 Å². The van der Waals surface area contributed by atoms with Crippen LogP contribution in [0.2, 0.25) is 0 Å². The van der Waals surface area contributed by atoms with Gasteiger partial charge in [-0.25, -0.2) is 9.57 Å². The Labute approximate surface area is 286 Å². The Hall–Kier alpha value is -4.99. The molecule has 0 aliphatic heterocycles. The third-order valence-corrected chi connectivity index (χ3v) is 8.60. The Morgan fingerprint density at radius 1 is 0.837 bits per heavy atom. The van der Waals surface area contributed by atoms with E-state index in [1.54, 1.807) is 6.92 Å². The van der Waals surface area contributed by atoms with E-state index in [1.807, 2.05) is 0 Å². The summed E-state index contributed by atoms with van der Waals surface area (Å²) in [4.78, 5) is 16.1. The van der Waals surface area contributed by atoms with Gasteiger partial charge >= 0.3 is 0 Å². The number of azo groups is 2. The van der Waals surface area contributed by atoms with Gasteiger partial charge < -0.3 is 14.9 Å². The molecular formula is C28H24CuN6O12S2. The number of nitrogens with zero attached hydrogens (tertiary/aromatic N) is 5. The molecule has 0 spiro atoms. The van der Waals surface area contributed by atoms with Crippen molar-refractivity contribution in [2.45, 2.75) is 23.3 Å². The minimum absolute atomic E-state index is 0. The topological polar surface area (TPSA) is 275 Å². The molecule has 0 aliphatic rings. The zero-order chi connectivity index (χ0) is 35.0. The third-order valence-electron chi connectivity index (χ3n) is 6.87. The molecule has 1 heterocycles. The van der Waals surface area contributed by atoms with Crippen LogP contribution in [-0.4, -0.2) is 58.3 Å². The van der Waals surface area contributed by atoms with Gasteiger partial charge in [-0.05, 0) is 66.4 Å². The number of benzene rings is 4. The number of methoxy groups -OCH3 is 1. The average Bonchev–Trinajstić information content (AvgIpc) is 3.34. The number of H-pyrrole nitrogens is 1. The van der Waals surface area contributed by atoms with Crippen molar-refractivity contribution in [2.24, 2.45) is 20.5 Å². The number of rotatable bonds is 10. The molecule has 0 aliphatic carbocycles. The molecule has 1 aromatic heterocycles. The maximum atomic E-state index is 13.2. The van der Waals surface area contributed by atoms with Gasteiger partial charge in [0, 0.05) is 28.5 Å². The van der Waals surface area contributed by atoms with E-state index in [9.17, 15) is 40.9 Å². The summed E-state index contributed by atoms with van der Waals surface area (Å²) < 4.78 is 72.4. The van der Waals surface area contributed by atoms with Gasteiger partial charge in [-0.2, -0.15) is 21.9 Å². The first kappa shape index (κ1) is 36.8. The molecule has 1 radical (unpaired) electrons. The number of fused-ring (bicyclic) bond motifs is 1. The van der Waals surface area contributed by atoms with Crippen molar-refractivity contribution in [1.29, 1.82) is 0 Å². The Bertz CT molecular complexity index is 2410. The second kappa shape index (κ2) is 14.2. The number of phenolic OH excluding ortho intramolecular Hbond substituents is 2. The second-order valence-corrected chi connectivity index (χ2v) is 12.8. The van der Waals surface area contributed by atoms with Crippen LogP contribution in [-0.2, 0) is 48.8 Å². The van der Waals surface area contributed by atoms with Crippen molar-refractivity contribution < 1.29 is 68.1 Å². The monoisotopic (exact) mass is 763 g/mol. The van der Waals surface area contributed by atoms with Crippen molar-refractivity contribution in [2.75, 3.05) is 7.11 Å². The van der Waals surface area contributed by atoms with E-state index < -0.39 is 53.6 Å². The van der Waals surface area contributed by atoms with Gasteiger partial charge in [-0.15, -0.1) is 15.3 Å². The van der Waals surface area contributed by atoms with E-state index in [1.165, 1.54) is 49.6 Å². The fourth-order valence-electron chi connectivity index (χ4n) is 4.51. The van der Waals surface area contributed by atoms with Crippen LogP contribution < -0.4 is 10.3 Å². The van der Waals surface area contributed by atoms with Crippen LogP contribution in [0.15, 0.2) is 95.7 Å². The summed E-state index contributed by atoms with van der Waals surface area (Å²) in [6.07, 6.45) is 0. The van der Waals surface area contributed by atoms with Crippen LogP contribution in [0.3, 0.4) is 0 Å². The first-order valence-electron chi connectivity index (χ1n) is 13.3. The van der Waals surface area contributed by atoms with E-state index in [2.05, 4.69) is 30.4 Å². The van der Waals surface area contributed by atoms with Crippen molar-refractivity contribution >= 4 is 53.8 Å². The first-order chi connectivity index (χ1) is 22.6. The van der Waals surface area contributed by atoms with Gasteiger partial charge in [0.2, 0.25) is 0 Å². The summed E-state index contributed by atoms with van der Waals surface area (Å²) in [7, 11) is -8.05. The molecule has 0 atom stereocenters. The molecule has 0 unspecified atom stereocenters. The van der Waals surface area contributed by atoms with Crippen LogP contribution in [0.5, 0.6) is 17.2 Å². The van der Waals surface area contributed by atoms with Crippen LogP contribution >= 0.6 is 0 Å². The Balaban J connectivity index is 0.00000541. The van der Waals surface area contributed by atoms with Crippen molar-refractivity contribution in [3.05, 3.63) is 82.3 Å². The summed E-state index contributed by atoms with van der Waals surface area (Å²) in [5.74, 6) is -0.711. The minimum Gasteiger partial charge on any atom is -0.505 e. The summed E-state index contributed by atoms with van der Waals surface area (Å²) >= 11 is 0. The molecule has 5 rings (SSSR count). The Morgan fingerprint density at radius 3 is 2.12 bits per heavy atom. The quantitative estimate of drug-likeness (QED) is 0.0345. The number of aromatic hydroxyl groups is 2. The van der Waals surface area contributed by atoms with E-state index in [4.69, 9.17) is 9.99 Å². The van der Waals surface area contributed by atoms with Gasteiger partial charge in [0.15, 0.2) is 11.4 Å². The molecule has 0 bridgehead atoms. The molecule has 18 nitrogen and oxygen atoms in total. The van der Waals surface area contributed by atoms with Crippen LogP contribution in [0, 0.1) is 6.92 Å². The van der Waals surface area contributed by atoms with Gasteiger partial charge in [0.25, 0.3) is 25.8 Å². The van der Waals surface area contributed by atoms with Gasteiger partial charge in [-0.1, -0.05) is 6.07 Å². The molecule has 261 valence electrons. The van der Waals surface area contributed by atoms with Crippen molar-refractivity contribution in [3.8, 4) is 22.9 Å². The standard InChI is InChI=1S/C28H24N6O12S2.Cu/c1-14-9-18(45-2)12-21(26(14)35)30-32-25-23(48(42,43)44)10-15-3-4-16(11-20(15)27(25)36)29-31-24-22(13-46-38)33-34(28(24)37)17-5-7-19(8-6-17)47(39,40)41;/h3-12,33,35-36,38H,13H2,1-2H3,(H,39,40,41)(H,42,43,44);. The largest absolute Gasteiger partial charge is 0.505 e. The predicted octanol–water partition coefficient (Wildman–Crippen LogP) is 5.36. The number of hydrogen-bond acceptors (Lipinski definition) is 14. The van der Waals surface area contributed by atoms with E-state index in [0.717, 1.165) is 22.9 Å². The van der Waals surface area contributed by atoms with Gasteiger partial charge in [-0.3, -0.25) is 24.3 Å². The second-order valence-electron chi connectivity index (χ2n) is 9.99. The Morgan fingerprint density at radius 2 is 1.51 bits per heavy atom. The normalized spacial score (nSPS) is 12.2. The zero-order valence-electron chi connectivity index (χ0n) is 24.9. The predicted molar refractivity (Wildman–Crippen MR) is 167 cm³/mol. The number of aryl methyl sites for hydroxylation is 1. The summed E-state index contributed by atoms with van der Waals surface area (Å²) in [6.45, 7) is 1.03. The summed E-state index contributed by atoms with van der Waals surface area (Å²) in [5.41, 5.74) is -1.37. The SMILES string of the molecule is COc1cc(C)c(O)c(N=Nc2c(S(=O)(=O)O)cc3ccc(N=Nc4c(COO)[nH]n(-c5ccc(S(=O)(=O)O)cc5)c4=O)cc3c2O)c1.[Cu]. The van der Waals surface area contributed by atoms with Crippen molar-refractivity contribution in [3.63, 3.8) is 0 Å². The van der Waals surface area contributed by atoms with Crippen molar-refractivity contribution in [1.82, 2.24) is 9.78 Å². The van der Waals surface area contributed by atoms with Crippen LogP contribution in [0.1, 0.15) is 11.3 Å². The van der Waals surface area contributed by atoms with Gasteiger partial charge in [0.05, 0.1) is 29.1 Å². The first-order valence-corrected chi connectivity index (χ1v) is 16.2. The van der Waals surface area contributed by atoms with E-state index in [0.29, 0.717) is 11.3 Å². The van der Waals surface area contributed by atoms with E-state index in [-0.39, 0.29) is 62.0 Å². The smallest absolute Gasteiger partial charge is 0.299 e. The maximum absolute atomic E-state index is 13.2. The third kappa shape index (κ3) is 7.69. The minimum atomic E-state index is -4.94. The molecule has 4 aromatic carbocycles. The molecule has 0 saturated heterocycles. The maximum Gasteiger partial charge on any atom is 0.299 e. The number of ether oxygens (including phenoxy) is 1.